The van der Waals surface area contributed by atoms with Gasteiger partial charge in [-0.25, -0.2) is 17.9 Å². The van der Waals surface area contributed by atoms with Crippen molar-refractivity contribution in [1.29, 1.82) is 5.26 Å². The number of urea groups is 1. The number of rotatable bonds is 3. The van der Waals surface area contributed by atoms with Gasteiger partial charge in [0.1, 0.15) is 0 Å². The number of sulfonamides is 1. The zero-order valence-corrected chi connectivity index (χ0v) is 12.5. The second-order valence-corrected chi connectivity index (χ2v) is 6.25. The predicted octanol–water partition coefficient (Wildman–Crippen LogP) is 2.38. The maximum Gasteiger partial charge on any atom is 0.333 e. The lowest BCUT2D eigenvalue weighted by Gasteiger charge is -2.09. The number of anilines is 1. The van der Waals surface area contributed by atoms with E-state index in [0.717, 1.165) is 5.56 Å². The van der Waals surface area contributed by atoms with Gasteiger partial charge >= 0.3 is 6.03 Å². The Kier molecular flexibility index (Phi) is 4.44. The lowest BCUT2D eigenvalue weighted by molar-refractivity contribution is 0.256. The highest BCUT2D eigenvalue weighted by Crippen LogP contribution is 2.12. The van der Waals surface area contributed by atoms with Crippen LogP contribution in [0.1, 0.15) is 11.1 Å². The van der Waals surface area contributed by atoms with E-state index < -0.39 is 16.1 Å². The number of hydrogen-bond acceptors (Lipinski definition) is 4. The van der Waals surface area contributed by atoms with Gasteiger partial charge in [-0.1, -0.05) is 23.8 Å². The molecule has 112 valence electrons. The summed E-state index contributed by atoms with van der Waals surface area (Å²) in [6.07, 6.45) is 0. The number of hydrogen-bond donors (Lipinski definition) is 2. The first-order chi connectivity index (χ1) is 10.4. The lowest BCUT2D eigenvalue weighted by atomic mass is 10.2. The van der Waals surface area contributed by atoms with E-state index in [4.69, 9.17) is 5.26 Å². The molecule has 6 nitrogen and oxygen atoms in total. The van der Waals surface area contributed by atoms with Gasteiger partial charge in [-0.3, -0.25) is 0 Å². The maximum atomic E-state index is 12.0. The van der Waals surface area contributed by atoms with Crippen molar-refractivity contribution in [2.24, 2.45) is 0 Å². The zero-order chi connectivity index (χ0) is 16.2. The molecule has 0 fully saturated rings. The Morgan fingerprint density at radius 2 is 1.82 bits per heavy atom. The summed E-state index contributed by atoms with van der Waals surface area (Å²) >= 11 is 0. The first-order valence-electron chi connectivity index (χ1n) is 6.31. The van der Waals surface area contributed by atoms with Crippen molar-refractivity contribution < 1.29 is 13.2 Å². The summed E-state index contributed by atoms with van der Waals surface area (Å²) in [5, 5.41) is 11.2. The van der Waals surface area contributed by atoms with Gasteiger partial charge < -0.3 is 5.32 Å². The van der Waals surface area contributed by atoms with Gasteiger partial charge in [-0.15, -0.1) is 0 Å². The largest absolute Gasteiger partial charge is 0.333 e. The van der Waals surface area contributed by atoms with E-state index >= 15 is 0 Å². The van der Waals surface area contributed by atoms with E-state index in [1.54, 1.807) is 30.3 Å². The molecule has 0 bridgehead atoms. The fourth-order valence-electron chi connectivity index (χ4n) is 1.72. The van der Waals surface area contributed by atoms with Crippen molar-refractivity contribution in [3.63, 3.8) is 0 Å². The topological polar surface area (TPSA) is 99.1 Å². The molecule has 0 aromatic heterocycles. The van der Waals surface area contributed by atoms with Crippen LogP contribution < -0.4 is 10.0 Å². The summed E-state index contributed by atoms with van der Waals surface area (Å²) in [7, 11) is -3.94. The van der Waals surface area contributed by atoms with E-state index in [-0.39, 0.29) is 4.90 Å². The lowest BCUT2D eigenvalue weighted by Crippen LogP contribution is -2.34. The fourth-order valence-corrected chi connectivity index (χ4v) is 2.63. The number of aryl methyl sites for hydroxylation is 1. The third-order valence-corrected chi connectivity index (χ3v) is 4.15. The molecular weight excluding hydrogens is 302 g/mol. The number of amides is 2. The Bertz CT molecular complexity index is 837. The minimum Gasteiger partial charge on any atom is -0.307 e. The first kappa shape index (κ1) is 15.5. The Hall–Kier alpha value is -2.85. The summed E-state index contributed by atoms with van der Waals surface area (Å²) < 4.78 is 26.0. The molecule has 0 unspecified atom stereocenters. The van der Waals surface area contributed by atoms with Crippen LogP contribution in [0, 0.1) is 18.3 Å². The number of carbonyl (C=O) groups is 1. The summed E-state index contributed by atoms with van der Waals surface area (Å²) in [4.78, 5) is 11.8. The fraction of sp³-hybridized carbons (Fsp3) is 0.0667. The second kappa shape index (κ2) is 6.28. The van der Waals surface area contributed by atoms with E-state index in [1.807, 2.05) is 17.7 Å². The monoisotopic (exact) mass is 315 g/mol. The van der Waals surface area contributed by atoms with Crippen LogP contribution in [-0.2, 0) is 10.0 Å². The summed E-state index contributed by atoms with van der Waals surface area (Å²) in [6, 6.07) is 13.3. The molecule has 22 heavy (non-hydrogen) atoms. The van der Waals surface area contributed by atoms with Gasteiger partial charge in [-0.05, 0) is 37.3 Å². The van der Waals surface area contributed by atoms with Crippen molar-refractivity contribution in [3.8, 4) is 6.07 Å². The predicted molar refractivity (Wildman–Crippen MR) is 81.7 cm³/mol. The number of nitrogens with one attached hydrogen (secondary N) is 2. The summed E-state index contributed by atoms with van der Waals surface area (Å²) in [5.41, 5.74) is 1.60. The number of nitriles is 1. The van der Waals surface area contributed by atoms with Crippen LogP contribution in [-0.4, -0.2) is 14.4 Å². The summed E-state index contributed by atoms with van der Waals surface area (Å²) in [5.74, 6) is 0. The molecule has 0 saturated carbocycles. The molecule has 2 rings (SSSR count). The Labute approximate surface area is 128 Å². The molecule has 0 aliphatic carbocycles. The quantitative estimate of drug-likeness (QED) is 0.908. The van der Waals surface area contributed by atoms with Gasteiger partial charge in [-0.2, -0.15) is 5.26 Å². The first-order valence-corrected chi connectivity index (χ1v) is 7.80. The standard InChI is InChI=1S/C15H13N3O3S/c1-11-5-7-14(8-6-11)22(20,21)18-15(19)17-13-4-2-3-12(9-13)10-16/h2-9H,1H3,(H2,17,18,19). The van der Waals surface area contributed by atoms with E-state index in [2.05, 4.69) is 5.32 Å². The smallest absolute Gasteiger partial charge is 0.307 e. The molecule has 0 radical (unpaired) electrons. The van der Waals surface area contributed by atoms with E-state index in [0.29, 0.717) is 11.3 Å². The molecule has 0 aliphatic heterocycles. The van der Waals surface area contributed by atoms with Gasteiger partial charge in [0.05, 0.1) is 16.5 Å². The van der Waals surface area contributed by atoms with Crippen molar-refractivity contribution in [2.75, 3.05) is 5.32 Å². The molecule has 0 aliphatic rings. The SMILES string of the molecule is Cc1ccc(S(=O)(=O)NC(=O)Nc2cccc(C#N)c2)cc1. The van der Waals surface area contributed by atoms with Gasteiger partial charge in [0.15, 0.2) is 0 Å². The highest BCUT2D eigenvalue weighted by atomic mass is 32.2. The van der Waals surface area contributed by atoms with Crippen molar-refractivity contribution in [3.05, 3.63) is 59.7 Å². The molecule has 2 aromatic carbocycles. The van der Waals surface area contributed by atoms with Crippen LogP contribution in [0.5, 0.6) is 0 Å². The normalized spacial score (nSPS) is 10.5. The second-order valence-electron chi connectivity index (χ2n) is 4.57. The van der Waals surface area contributed by atoms with Crippen LogP contribution in [0.15, 0.2) is 53.4 Å². The molecule has 2 amide bonds. The minimum absolute atomic E-state index is 0.000902. The van der Waals surface area contributed by atoms with Crippen molar-refractivity contribution >= 4 is 21.7 Å². The van der Waals surface area contributed by atoms with Crippen LogP contribution >= 0.6 is 0 Å². The summed E-state index contributed by atoms with van der Waals surface area (Å²) in [6.45, 7) is 1.83. The molecular formula is C15H13N3O3S. The van der Waals surface area contributed by atoms with Crippen LogP contribution in [0.4, 0.5) is 10.5 Å². The molecule has 7 heteroatoms. The Balaban J connectivity index is 2.11. The van der Waals surface area contributed by atoms with E-state index in [9.17, 15) is 13.2 Å². The van der Waals surface area contributed by atoms with Crippen molar-refractivity contribution in [2.45, 2.75) is 11.8 Å². The highest BCUT2D eigenvalue weighted by Gasteiger charge is 2.17. The molecule has 2 aromatic rings. The molecule has 0 heterocycles. The Morgan fingerprint density at radius 3 is 2.45 bits per heavy atom. The van der Waals surface area contributed by atoms with Crippen LogP contribution in [0.3, 0.4) is 0 Å². The van der Waals surface area contributed by atoms with Gasteiger partial charge in [0, 0.05) is 5.69 Å². The zero-order valence-electron chi connectivity index (χ0n) is 11.7. The Morgan fingerprint density at radius 1 is 1.14 bits per heavy atom. The molecule has 0 atom stereocenters. The van der Waals surface area contributed by atoms with Gasteiger partial charge in [0.25, 0.3) is 10.0 Å². The number of nitrogens with zero attached hydrogens (tertiary/aromatic N) is 1. The van der Waals surface area contributed by atoms with Gasteiger partial charge in [0.2, 0.25) is 0 Å². The number of benzene rings is 2. The van der Waals surface area contributed by atoms with E-state index in [1.165, 1.54) is 18.2 Å². The van der Waals surface area contributed by atoms with Crippen molar-refractivity contribution in [1.82, 2.24) is 4.72 Å². The third kappa shape index (κ3) is 3.84. The van der Waals surface area contributed by atoms with Crippen LogP contribution in [0.2, 0.25) is 0 Å². The highest BCUT2D eigenvalue weighted by molar-refractivity contribution is 7.90. The number of carbonyl (C=O) groups excluding carboxylic acids is 1. The minimum atomic E-state index is -3.94. The molecule has 2 N–H and O–H groups in total. The maximum absolute atomic E-state index is 12.0. The average molecular weight is 315 g/mol. The molecule has 0 saturated heterocycles. The third-order valence-electron chi connectivity index (χ3n) is 2.81. The van der Waals surface area contributed by atoms with Crippen LogP contribution in [0.25, 0.3) is 0 Å². The molecule has 0 spiro atoms. The average Bonchev–Trinajstić information content (AvgIpc) is 2.47.